The number of benzene rings is 1. The highest BCUT2D eigenvalue weighted by Crippen LogP contribution is 2.42. The number of phenolic OH excluding ortho intramolecular Hbond substituents is 2. The van der Waals surface area contributed by atoms with Gasteiger partial charge in [0.2, 0.25) is 5.75 Å². The van der Waals surface area contributed by atoms with Crippen molar-refractivity contribution in [3.8, 4) is 17.2 Å². The maximum Gasteiger partial charge on any atom is 0.275 e. The highest BCUT2D eigenvalue weighted by atomic mass is 19.3. The molecule has 0 aliphatic carbocycles. The fraction of sp³-hybridized carbons (Fsp3) is 0.400. The van der Waals surface area contributed by atoms with Crippen molar-refractivity contribution >= 4 is 0 Å². The first kappa shape index (κ1) is 12.5. The number of ether oxygens (including phenoxy) is 1. The lowest BCUT2D eigenvalue weighted by atomic mass is 10.0. The molecule has 0 atom stereocenters. The Labute approximate surface area is 90.7 Å². The van der Waals surface area contributed by atoms with Gasteiger partial charge in [-0.1, -0.05) is 0 Å². The fourth-order valence-corrected chi connectivity index (χ4v) is 1.24. The lowest BCUT2D eigenvalue weighted by Crippen LogP contribution is -2.15. The first-order valence-electron chi connectivity index (χ1n) is 4.51. The number of alkyl halides is 2. The van der Waals surface area contributed by atoms with Gasteiger partial charge in [0.1, 0.15) is 0 Å². The van der Waals surface area contributed by atoms with Crippen LogP contribution >= 0.6 is 0 Å². The quantitative estimate of drug-likeness (QED) is 0.692. The van der Waals surface area contributed by atoms with Crippen LogP contribution in [0.1, 0.15) is 12.0 Å². The molecule has 0 fully saturated rings. The first-order chi connectivity index (χ1) is 7.42. The second kappa shape index (κ2) is 4.52. The molecule has 0 amide bonds. The predicted molar refractivity (Wildman–Crippen MR) is 51.9 cm³/mol. The summed E-state index contributed by atoms with van der Waals surface area (Å²) in [6, 6.07) is 1.66. The van der Waals surface area contributed by atoms with Crippen molar-refractivity contribution < 1.29 is 28.8 Å². The van der Waals surface area contributed by atoms with E-state index in [0.717, 1.165) is 12.1 Å². The molecule has 6 heteroatoms. The van der Waals surface area contributed by atoms with Crippen molar-refractivity contribution in [2.45, 2.75) is 12.3 Å². The Morgan fingerprint density at radius 1 is 1.31 bits per heavy atom. The topological polar surface area (TPSA) is 69.9 Å². The van der Waals surface area contributed by atoms with Gasteiger partial charge in [0.05, 0.1) is 7.11 Å². The van der Waals surface area contributed by atoms with E-state index in [9.17, 15) is 19.0 Å². The molecule has 0 unspecified atom stereocenters. The van der Waals surface area contributed by atoms with Gasteiger partial charge in [-0.3, -0.25) is 0 Å². The summed E-state index contributed by atoms with van der Waals surface area (Å²) in [5.74, 6) is -4.81. The summed E-state index contributed by atoms with van der Waals surface area (Å²) < 4.78 is 31.4. The van der Waals surface area contributed by atoms with Crippen LogP contribution in [0, 0.1) is 0 Å². The van der Waals surface area contributed by atoms with Gasteiger partial charge in [0.15, 0.2) is 11.5 Å². The van der Waals surface area contributed by atoms with Crippen LogP contribution in [0.2, 0.25) is 0 Å². The zero-order chi connectivity index (χ0) is 12.3. The Morgan fingerprint density at radius 3 is 2.44 bits per heavy atom. The van der Waals surface area contributed by atoms with E-state index in [1.54, 1.807) is 0 Å². The third-order valence-electron chi connectivity index (χ3n) is 2.12. The predicted octanol–water partition coefficient (Wildman–Crippen LogP) is 1.58. The minimum atomic E-state index is -3.28. The molecule has 1 aromatic carbocycles. The van der Waals surface area contributed by atoms with Gasteiger partial charge in [0, 0.05) is 18.6 Å². The Kier molecular flexibility index (Phi) is 3.54. The molecule has 1 aromatic rings. The maximum atomic E-state index is 13.4. The molecule has 4 nitrogen and oxygen atoms in total. The van der Waals surface area contributed by atoms with Crippen LogP contribution in [0.4, 0.5) is 8.78 Å². The summed E-state index contributed by atoms with van der Waals surface area (Å²) in [4.78, 5) is 0. The third-order valence-corrected chi connectivity index (χ3v) is 2.12. The van der Waals surface area contributed by atoms with E-state index in [-0.39, 0.29) is 5.75 Å². The van der Waals surface area contributed by atoms with E-state index >= 15 is 0 Å². The fourth-order valence-electron chi connectivity index (χ4n) is 1.24. The molecule has 3 N–H and O–H groups in total. The van der Waals surface area contributed by atoms with Crippen LogP contribution in [0.25, 0.3) is 0 Å². The molecular weight excluding hydrogens is 222 g/mol. The summed E-state index contributed by atoms with van der Waals surface area (Å²) in [5, 5.41) is 27.0. The van der Waals surface area contributed by atoms with Gasteiger partial charge in [-0.15, -0.1) is 0 Å². The molecule has 0 aliphatic heterocycles. The van der Waals surface area contributed by atoms with Crippen molar-refractivity contribution in [1.29, 1.82) is 0 Å². The molecule has 0 spiro atoms. The van der Waals surface area contributed by atoms with Gasteiger partial charge in [-0.2, -0.15) is 0 Å². The second-order valence-corrected chi connectivity index (χ2v) is 3.22. The van der Waals surface area contributed by atoms with Crippen LogP contribution in [0.15, 0.2) is 12.1 Å². The molecule has 90 valence electrons. The van der Waals surface area contributed by atoms with Crippen molar-refractivity contribution in [3.05, 3.63) is 17.7 Å². The van der Waals surface area contributed by atoms with Crippen LogP contribution in [-0.2, 0) is 5.92 Å². The Balaban J connectivity index is 3.20. The smallest absolute Gasteiger partial charge is 0.275 e. The average molecular weight is 234 g/mol. The summed E-state index contributed by atoms with van der Waals surface area (Å²) in [6.45, 7) is -0.684. The summed E-state index contributed by atoms with van der Waals surface area (Å²) in [7, 11) is 1.18. The molecule has 1 rings (SSSR count). The second-order valence-electron chi connectivity index (χ2n) is 3.22. The van der Waals surface area contributed by atoms with Crippen LogP contribution in [0.3, 0.4) is 0 Å². The Hall–Kier alpha value is -1.56. The molecule has 0 bridgehead atoms. The molecule has 0 radical (unpaired) electrons. The largest absolute Gasteiger partial charge is 0.504 e. The van der Waals surface area contributed by atoms with E-state index in [4.69, 9.17) is 5.11 Å². The number of hydrogen-bond acceptors (Lipinski definition) is 4. The lowest BCUT2D eigenvalue weighted by molar-refractivity contribution is -0.0273. The number of rotatable bonds is 4. The summed E-state index contributed by atoms with van der Waals surface area (Å²) in [5.41, 5.74) is -0.520. The number of methoxy groups -OCH3 is 1. The molecule has 0 saturated heterocycles. The van der Waals surface area contributed by atoms with Gasteiger partial charge in [-0.25, -0.2) is 8.78 Å². The highest BCUT2D eigenvalue weighted by Gasteiger charge is 2.32. The standard InChI is InChI=1S/C10H12F2O4/c1-16-8-5-6(4-7(14)9(8)15)10(11,12)2-3-13/h4-5,13-15H,2-3H2,1H3. The number of halogens is 2. The van der Waals surface area contributed by atoms with Crippen LogP contribution < -0.4 is 4.74 Å². The number of aromatic hydroxyl groups is 2. The van der Waals surface area contributed by atoms with Crippen LogP contribution in [0.5, 0.6) is 17.2 Å². The summed E-state index contributed by atoms with van der Waals surface area (Å²) >= 11 is 0. The summed E-state index contributed by atoms with van der Waals surface area (Å²) in [6.07, 6.45) is -0.764. The minimum absolute atomic E-state index is 0.243. The van der Waals surface area contributed by atoms with Crippen molar-refractivity contribution in [3.63, 3.8) is 0 Å². The number of phenols is 2. The molecule has 0 aromatic heterocycles. The van der Waals surface area contributed by atoms with Gasteiger partial charge in [-0.05, 0) is 12.1 Å². The third kappa shape index (κ3) is 2.33. The molecule has 0 saturated carbocycles. The molecule has 0 aliphatic rings. The van der Waals surface area contributed by atoms with Gasteiger partial charge >= 0.3 is 0 Å². The minimum Gasteiger partial charge on any atom is -0.504 e. The zero-order valence-corrected chi connectivity index (χ0v) is 8.57. The molecule has 16 heavy (non-hydrogen) atoms. The zero-order valence-electron chi connectivity index (χ0n) is 8.57. The number of aliphatic hydroxyl groups excluding tert-OH is 1. The van der Waals surface area contributed by atoms with Crippen molar-refractivity contribution in [2.24, 2.45) is 0 Å². The van der Waals surface area contributed by atoms with Crippen molar-refractivity contribution in [2.75, 3.05) is 13.7 Å². The Bertz CT molecular complexity index is 379. The van der Waals surface area contributed by atoms with Gasteiger partial charge < -0.3 is 20.1 Å². The molecular formula is C10H12F2O4. The van der Waals surface area contributed by atoms with E-state index < -0.39 is 36.0 Å². The number of hydrogen-bond donors (Lipinski definition) is 3. The molecule has 0 heterocycles. The van der Waals surface area contributed by atoms with E-state index in [2.05, 4.69) is 4.74 Å². The van der Waals surface area contributed by atoms with E-state index in [1.807, 2.05) is 0 Å². The highest BCUT2D eigenvalue weighted by molar-refractivity contribution is 5.52. The SMILES string of the molecule is COc1cc(C(F)(F)CCO)cc(O)c1O. The van der Waals surface area contributed by atoms with Crippen LogP contribution in [-0.4, -0.2) is 29.0 Å². The Morgan fingerprint density at radius 2 is 1.94 bits per heavy atom. The maximum absolute atomic E-state index is 13.4. The monoisotopic (exact) mass is 234 g/mol. The van der Waals surface area contributed by atoms with E-state index in [0.29, 0.717) is 0 Å². The number of aliphatic hydroxyl groups is 1. The van der Waals surface area contributed by atoms with Gasteiger partial charge in [0.25, 0.3) is 5.92 Å². The normalized spacial score (nSPS) is 11.5. The average Bonchev–Trinajstić information content (AvgIpc) is 2.21. The van der Waals surface area contributed by atoms with Crippen molar-refractivity contribution in [1.82, 2.24) is 0 Å². The lowest BCUT2D eigenvalue weighted by Gasteiger charge is -2.17. The van der Waals surface area contributed by atoms with E-state index in [1.165, 1.54) is 7.11 Å². The first-order valence-corrected chi connectivity index (χ1v) is 4.51.